The Kier molecular flexibility index (Phi) is 7.93. The Morgan fingerprint density at radius 1 is 1.24 bits per heavy atom. The van der Waals surface area contributed by atoms with Crippen molar-refractivity contribution in [3.8, 4) is 6.07 Å². The number of carbonyl (C=O) groups excluding carboxylic acids is 2. The molecule has 1 heterocycles. The van der Waals surface area contributed by atoms with Crippen molar-refractivity contribution in [3.63, 3.8) is 0 Å². The van der Waals surface area contributed by atoms with Crippen LogP contribution in [-0.2, 0) is 20.7 Å². The fourth-order valence-electron chi connectivity index (χ4n) is 2.95. The van der Waals surface area contributed by atoms with Crippen LogP contribution in [-0.4, -0.2) is 49.6 Å². The van der Waals surface area contributed by atoms with E-state index in [-0.39, 0.29) is 24.8 Å². The number of aryl methyl sites for hydroxylation is 1. The molecular weight excluding hydrogens is 318 g/mol. The van der Waals surface area contributed by atoms with Crippen LogP contribution in [0.5, 0.6) is 0 Å². The summed E-state index contributed by atoms with van der Waals surface area (Å²) in [6.07, 6.45) is 2.51. The lowest BCUT2D eigenvalue weighted by molar-refractivity contribution is -0.139. The van der Waals surface area contributed by atoms with Gasteiger partial charge in [0.2, 0.25) is 11.8 Å². The standard InChI is InChI=1S/C19H25N3O3/c20-9-10-21-19(24)17(8-4-7-16-5-2-1-3-6-16)15-18(23)22-11-13-25-14-12-22/h1-3,5-6,17H,4,7-8,10-15H2,(H,21,24)/t17-/m1/s1. The van der Waals surface area contributed by atoms with E-state index in [0.717, 1.165) is 12.8 Å². The second-order valence-corrected chi connectivity index (χ2v) is 6.15. The average molecular weight is 343 g/mol. The van der Waals surface area contributed by atoms with Gasteiger partial charge in [-0.2, -0.15) is 5.26 Å². The minimum Gasteiger partial charge on any atom is -0.378 e. The molecule has 1 saturated heterocycles. The van der Waals surface area contributed by atoms with Gasteiger partial charge in [-0.1, -0.05) is 30.3 Å². The first-order valence-corrected chi connectivity index (χ1v) is 8.75. The van der Waals surface area contributed by atoms with Crippen molar-refractivity contribution < 1.29 is 14.3 Å². The number of nitrogens with one attached hydrogen (secondary N) is 1. The van der Waals surface area contributed by atoms with Crippen molar-refractivity contribution in [1.29, 1.82) is 5.26 Å². The van der Waals surface area contributed by atoms with Crippen molar-refractivity contribution in [3.05, 3.63) is 35.9 Å². The van der Waals surface area contributed by atoms with E-state index in [1.54, 1.807) is 4.90 Å². The molecule has 25 heavy (non-hydrogen) atoms. The first-order valence-electron chi connectivity index (χ1n) is 8.75. The summed E-state index contributed by atoms with van der Waals surface area (Å²) < 4.78 is 5.26. The van der Waals surface area contributed by atoms with Crippen LogP contribution in [0.3, 0.4) is 0 Å². The fraction of sp³-hybridized carbons (Fsp3) is 0.526. The van der Waals surface area contributed by atoms with Gasteiger partial charge in [0.25, 0.3) is 0 Å². The molecule has 1 N–H and O–H groups in total. The SMILES string of the molecule is N#CCNC(=O)[C@H](CCCc1ccccc1)CC(=O)N1CCOCC1. The maximum absolute atomic E-state index is 12.4. The third-order valence-corrected chi connectivity index (χ3v) is 4.36. The highest BCUT2D eigenvalue weighted by Gasteiger charge is 2.25. The van der Waals surface area contributed by atoms with E-state index in [0.29, 0.717) is 32.7 Å². The van der Waals surface area contributed by atoms with Crippen LogP contribution >= 0.6 is 0 Å². The van der Waals surface area contributed by atoms with Crippen molar-refractivity contribution in [2.24, 2.45) is 5.92 Å². The molecule has 0 radical (unpaired) electrons. The van der Waals surface area contributed by atoms with E-state index in [2.05, 4.69) is 17.4 Å². The molecule has 1 aliphatic heterocycles. The van der Waals surface area contributed by atoms with E-state index >= 15 is 0 Å². The third kappa shape index (κ3) is 6.55. The second-order valence-electron chi connectivity index (χ2n) is 6.15. The molecule has 134 valence electrons. The highest BCUT2D eigenvalue weighted by Crippen LogP contribution is 2.17. The average Bonchev–Trinajstić information content (AvgIpc) is 2.66. The van der Waals surface area contributed by atoms with Gasteiger partial charge in [0.1, 0.15) is 6.54 Å². The second kappa shape index (κ2) is 10.5. The summed E-state index contributed by atoms with van der Waals surface area (Å²) in [6, 6.07) is 12.0. The summed E-state index contributed by atoms with van der Waals surface area (Å²) in [5.74, 6) is -0.622. The number of rotatable bonds is 8. The molecule has 1 aromatic carbocycles. The molecule has 0 unspecified atom stereocenters. The van der Waals surface area contributed by atoms with Crippen LogP contribution in [0.4, 0.5) is 0 Å². The molecule has 0 aromatic heterocycles. The Labute approximate surface area is 148 Å². The van der Waals surface area contributed by atoms with Crippen molar-refractivity contribution in [2.45, 2.75) is 25.7 Å². The van der Waals surface area contributed by atoms with Crippen LogP contribution in [0.15, 0.2) is 30.3 Å². The van der Waals surface area contributed by atoms with Gasteiger partial charge in [-0.15, -0.1) is 0 Å². The maximum Gasteiger partial charge on any atom is 0.224 e. The highest BCUT2D eigenvalue weighted by molar-refractivity contribution is 5.86. The van der Waals surface area contributed by atoms with Crippen LogP contribution in [0.1, 0.15) is 24.8 Å². The molecule has 1 aromatic rings. The van der Waals surface area contributed by atoms with Gasteiger partial charge in [0.15, 0.2) is 0 Å². The lowest BCUT2D eigenvalue weighted by Crippen LogP contribution is -2.43. The summed E-state index contributed by atoms with van der Waals surface area (Å²) in [5.41, 5.74) is 1.22. The van der Waals surface area contributed by atoms with Gasteiger partial charge < -0.3 is 15.0 Å². The summed E-state index contributed by atoms with van der Waals surface area (Å²) in [7, 11) is 0. The summed E-state index contributed by atoms with van der Waals surface area (Å²) in [6.45, 7) is 2.22. The van der Waals surface area contributed by atoms with E-state index in [4.69, 9.17) is 10.00 Å². The van der Waals surface area contributed by atoms with Crippen molar-refractivity contribution >= 4 is 11.8 Å². The van der Waals surface area contributed by atoms with Crippen molar-refractivity contribution in [2.75, 3.05) is 32.8 Å². The maximum atomic E-state index is 12.4. The number of ether oxygens (including phenoxy) is 1. The smallest absolute Gasteiger partial charge is 0.224 e. The lowest BCUT2D eigenvalue weighted by atomic mass is 9.95. The molecule has 1 aliphatic rings. The molecule has 1 fully saturated rings. The minimum absolute atomic E-state index is 0.0138. The molecule has 0 bridgehead atoms. The van der Waals surface area contributed by atoms with E-state index in [1.807, 2.05) is 24.3 Å². The number of hydrogen-bond donors (Lipinski definition) is 1. The molecular formula is C19H25N3O3. The molecule has 2 amide bonds. The number of amides is 2. The van der Waals surface area contributed by atoms with Crippen LogP contribution in [0, 0.1) is 17.2 Å². The Morgan fingerprint density at radius 2 is 1.96 bits per heavy atom. The zero-order valence-corrected chi connectivity index (χ0v) is 14.4. The molecule has 2 rings (SSSR count). The van der Waals surface area contributed by atoms with E-state index in [9.17, 15) is 9.59 Å². The number of hydrogen-bond acceptors (Lipinski definition) is 4. The molecule has 6 nitrogen and oxygen atoms in total. The summed E-state index contributed by atoms with van der Waals surface area (Å²) in [4.78, 5) is 26.5. The van der Waals surface area contributed by atoms with Gasteiger partial charge in [-0.05, 0) is 24.8 Å². The predicted molar refractivity (Wildman–Crippen MR) is 93.5 cm³/mol. The Balaban J connectivity index is 1.88. The number of nitrogens with zero attached hydrogens (tertiary/aromatic N) is 2. The topological polar surface area (TPSA) is 82.4 Å². The molecule has 0 saturated carbocycles. The van der Waals surface area contributed by atoms with Crippen molar-refractivity contribution in [1.82, 2.24) is 10.2 Å². The zero-order chi connectivity index (χ0) is 17.9. The number of benzene rings is 1. The van der Waals surface area contributed by atoms with Gasteiger partial charge in [0, 0.05) is 25.4 Å². The Hall–Kier alpha value is -2.39. The van der Waals surface area contributed by atoms with Gasteiger partial charge in [0.05, 0.1) is 19.3 Å². The Bertz CT molecular complexity index is 592. The normalized spacial score (nSPS) is 15.2. The Morgan fingerprint density at radius 3 is 2.64 bits per heavy atom. The van der Waals surface area contributed by atoms with Gasteiger partial charge in [-0.25, -0.2) is 0 Å². The minimum atomic E-state index is -0.396. The molecule has 6 heteroatoms. The largest absolute Gasteiger partial charge is 0.378 e. The first-order chi connectivity index (χ1) is 12.2. The fourth-order valence-corrected chi connectivity index (χ4v) is 2.95. The van der Waals surface area contributed by atoms with Crippen LogP contribution in [0.2, 0.25) is 0 Å². The molecule has 0 aliphatic carbocycles. The van der Waals surface area contributed by atoms with Crippen LogP contribution < -0.4 is 5.32 Å². The van der Waals surface area contributed by atoms with Gasteiger partial charge >= 0.3 is 0 Å². The van der Waals surface area contributed by atoms with E-state index in [1.165, 1.54) is 5.56 Å². The third-order valence-electron chi connectivity index (χ3n) is 4.36. The summed E-state index contributed by atoms with van der Waals surface area (Å²) in [5, 5.41) is 11.2. The number of nitriles is 1. The molecule has 0 spiro atoms. The molecule has 1 atom stereocenters. The first kappa shape index (κ1) is 18.9. The number of morpholine rings is 1. The zero-order valence-electron chi connectivity index (χ0n) is 14.4. The number of carbonyl (C=O) groups is 2. The van der Waals surface area contributed by atoms with E-state index < -0.39 is 5.92 Å². The lowest BCUT2D eigenvalue weighted by Gasteiger charge is -2.28. The van der Waals surface area contributed by atoms with Gasteiger partial charge in [-0.3, -0.25) is 9.59 Å². The highest BCUT2D eigenvalue weighted by atomic mass is 16.5. The monoisotopic (exact) mass is 343 g/mol. The quantitative estimate of drug-likeness (QED) is 0.726. The summed E-state index contributed by atoms with van der Waals surface area (Å²) >= 11 is 0. The predicted octanol–water partition coefficient (Wildman–Crippen LogP) is 1.51. The van der Waals surface area contributed by atoms with Crippen LogP contribution in [0.25, 0.3) is 0 Å².